The molecule has 0 aliphatic carbocycles. The van der Waals surface area contributed by atoms with Crippen LogP contribution in [0, 0.1) is 19.7 Å². The molecule has 3 heteroatoms. The average molecular weight is 244 g/mol. The summed E-state index contributed by atoms with van der Waals surface area (Å²) in [5.41, 5.74) is 10.2. The molecule has 2 N–H and O–H groups in total. The Morgan fingerprint density at radius 1 is 1.22 bits per heavy atom. The summed E-state index contributed by atoms with van der Waals surface area (Å²) in [6.07, 6.45) is 2.38. The lowest BCUT2D eigenvalue weighted by Gasteiger charge is -2.14. The maximum atomic E-state index is 13.2. The van der Waals surface area contributed by atoms with Crippen LogP contribution in [0.2, 0.25) is 0 Å². The lowest BCUT2D eigenvalue weighted by molar-refractivity contribution is 0.621. The van der Waals surface area contributed by atoms with E-state index in [9.17, 15) is 4.39 Å². The number of hydrogen-bond acceptors (Lipinski definition) is 2. The Balaban J connectivity index is 2.21. The molecular weight excluding hydrogens is 227 g/mol. The second-order valence-electron chi connectivity index (χ2n) is 4.61. The maximum absolute atomic E-state index is 13.2. The lowest BCUT2D eigenvalue weighted by Crippen LogP contribution is -2.14. The van der Waals surface area contributed by atoms with Crippen LogP contribution in [0.3, 0.4) is 0 Å². The summed E-state index contributed by atoms with van der Waals surface area (Å²) in [5.74, 6) is -0.214. The minimum absolute atomic E-state index is 0.132. The molecule has 0 spiro atoms. The topological polar surface area (TPSA) is 38.9 Å². The first-order chi connectivity index (χ1) is 8.56. The molecule has 0 saturated heterocycles. The molecule has 1 aromatic carbocycles. The van der Waals surface area contributed by atoms with Crippen LogP contribution >= 0.6 is 0 Å². The fourth-order valence-corrected chi connectivity index (χ4v) is 2.01. The van der Waals surface area contributed by atoms with Gasteiger partial charge in [-0.25, -0.2) is 4.39 Å². The van der Waals surface area contributed by atoms with E-state index in [-0.39, 0.29) is 11.9 Å². The standard InChI is InChI=1S/C15H17FN2/c1-10-3-4-14(16)8-13(10)9-15(17)12-5-6-18-11(2)7-12/h3-8,15H,9,17H2,1-2H3. The number of benzene rings is 1. The van der Waals surface area contributed by atoms with Gasteiger partial charge in [0.25, 0.3) is 0 Å². The van der Waals surface area contributed by atoms with E-state index in [1.54, 1.807) is 18.3 Å². The zero-order chi connectivity index (χ0) is 13.1. The summed E-state index contributed by atoms with van der Waals surface area (Å²) in [4.78, 5) is 4.15. The minimum atomic E-state index is -0.214. The Labute approximate surface area is 107 Å². The fraction of sp³-hybridized carbons (Fsp3) is 0.267. The second-order valence-corrected chi connectivity index (χ2v) is 4.61. The number of nitrogens with zero attached hydrogens (tertiary/aromatic N) is 1. The summed E-state index contributed by atoms with van der Waals surface area (Å²) in [6, 6.07) is 8.57. The summed E-state index contributed by atoms with van der Waals surface area (Å²) in [7, 11) is 0. The highest BCUT2D eigenvalue weighted by atomic mass is 19.1. The smallest absolute Gasteiger partial charge is 0.123 e. The fourth-order valence-electron chi connectivity index (χ4n) is 2.01. The third kappa shape index (κ3) is 2.93. The first-order valence-electron chi connectivity index (χ1n) is 5.99. The molecule has 0 radical (unpaired) electrons. The largest absolute Gasteiger partial charge is 0.324 e. The highest BCUT2D eigenvalue weighted by Gasteiger charge is 2.10. The van der Waals surface area contributed by atoms with Gasteiger partial charge in [-0.2, -0.15) is 0 Å². The van der Waals surface area contributed by atoms with E-state index in [1.165, 1.54) is 6.07 Å². The van der Waals surface area contributed by atoms with Gasteiger partial charge in [-0.3, -0.25) is 4.98 Å². The van der Waals surface area contributed by atoms with Crippen molar-refractivity contribution in [2.75, 3.05) is 0 Å². The molecule has 0 aliphatic heterocycles. The van der Waals surface area contributed by atoms with Gasteiger partial charge < -0.3 is 5.73 Å². The third-order valence-corrected chi connectivity index (χ3v) is 3.10. The molecule has 94 valence electrons. The Morgan fingerprint density at radius 3 is 2.72 bits per heavy atom. The molecule has 1 heterocycles. The SMILES string of the molecule is Cc1cc(C(N)Cc2cc(F)ccc2C)ccn1. The number of aryl methyl sites for hydroxylation is 2. The van der Waals surface area contributed by atoms with E-state index in [2.05, 4.69) is 4.98 Å². The van der Waals surface area contributed by atoms with Crippen molar-refractivity contribution < 1.29 is 4.39 Å². The molecule has 1 atom stereocenters. The van der Waals surface area contributed by atoms with Crippen molar-refractivity contribution in [3.63, 3.8) is 0 Å². The van der Waals surface area contributed by atoms with Crippen LogP contribution in [-0.4, -0.2) is 4.98 Å². The molecule has 0 aliphatic rings. The number of pyridine rings is 1. The van der Waals surface area contributed by atoms with Crippen LogP contribution in [-0.2, 0) is 6.42 Å². The average Bonchev–Trinajstić information content (AvgIpc) is 2.34. The lowest BCUT2D eigenvalue weighted by atomic mass is 9.97. The van der Waals surface area contributed by atoms with E-state index in [4.69, 9.17) is 5.73 Å². The third-order valence-electron chi connectivity index (χ3n) is 3.10. The molecular formula is C15H17FN2. The van der Waals surface area contributed by atoms with Crippen molar-refractivity contribution in [1.82, 2.24) is 4.98 Å². The van der Waals surface area contributed by atoms with Crippen LogP contribution in [0.25, 0.3) is 0 Å². The molecule has 2 nitrogen and oxygen atoms in total. The van der Waals surface area contributed by atoms with Gasteiger partial charge in [0.1, 0.15) is 5.82 Å². The van der Waals surface area contributed by atoms with Gasteiger partial charge in [0.2, 0.25) is 0 Å². The Kier molecular flexibility index (Phi) is 3.72. The molecule has 0 amide bonds. The van der Waals surface area contributed by atoms with E-state index in [0.717, 1.165) is 22.4 Å². The van der Waals surface area contributed by atoms with Gasteiger partial charge in [0, 0.05) is 17.9 Å². The molecule has 2 rings (SSSR count). The van der Waals surface area contributed by atoms with Crippen molar-refractivity contribution in [3.05, 3.63) is 64.7 Å². The van der Waals surface area contributed by atoms with Gasteiger partial charge >= 0.3 is 0 Å². The predicted molar refractivity (Wildman–Crippen MR) is 70.7 cm³/mol. The molecule has 0 saturated carbocycles. The molecule has 0 fully saturated rings. The molecule has 2 aromatic rings. The number of aromatic nitrogens is 1. The summed E-state index contributed by atoms with van der Waals surface area (Å²) in [5, 5.41) is 0. The van der Waals surface area contributed by atoms with Crippen molar-refractivity contribution in [2.45, 2.75) is 26.3 Å². The Hall–Kier alpha value is -1.74. The van der Waals surface area contributed by atoms with Gasteiger partial charge in [-0.15, -0.1) is 0 Å². The van der Waals surface area contributed by atoms with E-state index in [0.29, 0.717) is 6.42 Å². The first kappa shape index (κ1) is 12.7. The van der Waals surface area contributed by atoms with Crippen LogP contribution in [0.5, 0.6) is 0 Å². The van der Waals surface area contributed by atoms with Gasteiger partial charge in [-0.05, 0) is 61.2 Å². The van der Waals surface area contributed by atoms with Crippen LogP contribution in [0.4, 0.5) is 4.39 Å². The monoisotopic (exact) mass is 244 g/mol. The Morgan fingerprint density at radius 2 is 2.00 bits per heavy atom. The molecule has 0 bridgehead atoms. The Bertz CT molecular complexity index is 552. The molecule has 1 unspecified atom stereocenters. The quantitative estimate of drug-likeness (QED) is 0.901. The van der Waals surface area contributed by atoms with Crippen molar-refractivity contribution >= 4 is 0 Å². The zero-order valence-corrected chi connectivity index (χ0v) is 10.7. The summed E-state index contributed by atoms with van der Waals surface area (Å²) < 4.78 is 13.2. The van der Waals surface area contributed by atoms with Crippen LogP contribution in [0.1, 0.15) is 28.4 Å². The van der Waals surface area contributed by atoms with Crippen molar-refractivity contribution in [3.8, 4) is 0 Å². The first-order valence-corrected chi connectivity index (χ1v) is 5.99. The van der Waals surface area contributed by atoms with E-state index in [1.807, 2.05) is 26.0 Å². The molecule has 18 heavy (non-hydrogen) atoms. The van der Waals surface area contributed by atoms with Crippen molar-refractivity contribution in [2.24, 2.45) is 5.73 Å². The normalized spacial score (nSPS) is 12.4. The van der Waals surface area contributed by atoms with Gasteiger partial charge in [0.15, 0.2) is 0 Å². The van der Waals surface area contributed by atoms with E-state index >= 15 is 0 Å². The van der Waals surface area contributed by atoms with Crippen LogP contribution < -0.4 is 5.73 Å². The highest BCUT2D eigenvalue weighted by Crippen LogP contribution is 2.19. The number of halogens is 1. The summed E-state index contributed by atoms with van der Waals surface area (Å²) in [6.45, 7) is 3.91. The van der Waals surface area contributed by atoms with Crippen LogP contribution in [0.15, 0.2) is 36.5 Å². The van der Waals surface area contributed by atoms with Crippen molar-refractivity contribution in [1.29, 1.82) is 0 Å². The maximum Gasteiger partial charge on any atom is 0.123 e. The number of nitrogens with two attached hydrogens (primary N) is 1. The zero-order valence-electron chi connectivity index (χ0n) is 10.7. The molecule has 1 aromatic heterocycles. The number of hydrogen-bond donors (Lipinski definition) is 1. The number of rotatable bonds is 3. The van der Waals surface area contributed by atoms with Gasteiger partial charge in [0.05, 0.1) is 0 Å². The van der Waals surface area contributed by atoms with Gasteiger partial charge in [-0.1, -0.05) is 6.07 Å². The minimum Gasteiger partial charge on any atom is -0.324 e. The second kappa shape index (κ2) is 5.27. The van der Waals surface area contributed by atoms with E-state index < -0.39 is 0 Å². The predicted octanol–water partition coefficient (Wildman–Crippen LogP) is 3.08. The summed E-state index contributed by atoms with van der Waals surface area (Å²) >= 11 is 0. The highest BCUT2D eigenvalue weighted by molar-refractivity contribution is 5.29.